The van der Waals surface area contributed by atoms with Gasteiger partial charge in [0.15, 0.2) is 0 Å². The third-order valence-electron chi connectivity index (χ3n) is 5.91. The number of urea groups is 1. The molecule has 0 aromatic heterocycles. The van der Waals surface area contributed by atoms with Crippen LogP contribution >= 0.6 is 0 Å². The molecular weight excluding hydrogens is 444 g/mol. The number of aliphatic carboxylic acids is 1. The molecule has 8 heteroatoms. The minimum absolute atomic E-state index is 0.209. The van der Waals surface area contributed by atoms with Crippen LogP contribution in [-0.4, -0.2) is 34.0 Å². The molecule has 3 aromatic carbocycles. The first-order valence-corrected chi connectivity index (χ1v) is 11.1. The van der Waals surface area contributed by atoms with Crippen LogP contribution in [0.2, 0.25) is 0 Å². The summed E-state index contributed by atoms with van der Waals surface area (Å²) in [5, 5.41) is 23.9. The van der Waals surface area contributed by atoms with Gasteiger partial charge in [-0.1, -0.05) is 32.0 Å². The number of rotatable bonds is 6. The Morgan fingerprint density at radius 2 is 1.51 bits per heavy atom. The van der Waals surface area contributed by atoms with E-state index in [4.69, 9.17) is 5.26 Å². The molecule has 176 valence electrons. The summed E-state index contributed by atoms with van der Waals surface area (Å²) < 4.78 is 0. The van der Waals surface area contributed by atoms with E-state index >= 15 is 0 Å². The van der Waals surface area contributed by atoms with Crippen LogP contribution in [-0.2, 0) is 11.3 Å². The third kappa shape index (κ3) is 4.99. The lowest BCUT2D eigenvalue weighted by Crippen LogP contribution is -2.44. The Morgan fingerprint density at radius 3 is 2.06 bits per heavy atom. The lowest BCUT2D eigenvalue weighted by atomic mass is 10.0. The summed E-state index contributed by atoms with van der Waals surface area (Å²) in [5.41, 5.74) is 4.79. The summed E-state index contributed by atoms with van der Waals surface area (Å²) >= 11 is 0. The highest BCUT2D eigenvalue weighted by atomic mass is 16.4. The van der Waals surface area contributed by atoms with Gasteiger partial charge in [-0.2, -0.15) is 5.26 Å². The zero-order valence-corrected chi connectivity index (χ0v) is 19.3. The van der Waals surface area contributed by atoms with Crippen molar-refractivity contribution < 1.29 is 19.5 Å². The molecule has 0 saturated heterocycles. The molecule has 35 heavy (non-hydrogen) atoms. The molecule has 1 aliphatic rings. The standard InChI is InChI=1S/C27H24N4O4/c1-16(2)24(26(33)34)31-15-20-13-19(7-12-23(20)25(31)32)18-5-10-22(11-6-18)30-27(35)29-21-8-3-17(14-28)4-9-21/h3-13,16,24H,15H2,1-2H3,(H,33,34)(H2,29,30,35)/t24-/m0/s1. The number of hydrogen-bond acceptors (Lipinski definition) is 4. The van der Waals surface area contributed by atoms with Crippen molar-refractivity contribution in [2.24, 2.45) is 5.92 Å². The van der Waals surface area contributed by atoms with Crippen molar-refractivity contribution in [1.29, 1.82) is 5.26 Å². The number of nitriles is 1. The quantitative estimate of drug-likeness (QED) is 0.473. The van der Waals surface area contributed by atoms with Crippen molar-refractivity contribution in [1.82, 2.24) is 4.90 Å². The van der Waals surface area contributed by atoms with Crippen LogP contribution in [0.3, 0.4) is 0 Å². The van der Waals surface area contributed by atoms with Gasteiger partial charge in [-0.25, -0.2) is 9.59 Å². The molecule has 3 amide bonds. The average Bonchev–Trinajstić information content (AvgIpc) is 3.14. The zero-order chi connectivity index (χ0) is 25.1. The van der Waals surface area contributed by atoms with Gasteiger partial charge in [0.1, 0.15) is 6.04 Å². The lowest BCUT2D eigenvalue weighted by molar-refractivity contribution is -0.144. The summed E-state index contributed by atoms with van der Waals surface area (Å²) in [4.78, 5) is 38.2. The molecule has 0 unspecified atom stereocenters. The number of carbonyl (C=O) groups is 3. The number of carboxylic acid groups (broad SMARTS) is 1. The van der Waals surface area contributed by atoms with Crippen LogP contribution in [0.25, 0.3) is 11.1 Å². The van der Waals surface area contributed by atoms with Crippen molar-refractivity contribution in [3.05, 3.63) is 83.4 Å². The van der Waals surface area contributed by atoms with E-state index in [9.17, 15) is 19.5 Å². The number of nitrogens with zero attached hydrogens (tertiary/aromatic N) is 2. The second kappa shape index (κ2) is 9.69. The summed E-state index contributed by atoms with van der Waals surface area (Å²) in [5.74, 6) is -1.48. The number of hydrogen-bond donors (Lipinski definition) is 3. The van der Waals surface area contributed by atoms with Crippen molar-refractivity contribution in [3.8, 4) is 17.2 Å². The Morgan fingerprint density at radius 1 is 0.943 bits per heavy atom. The fraction of sp³-hybridized carbons (Fsp3) is 0.185. The minimum Gasteiger partial charge on any atom is -0.480 e. The molecule has 0 aliphatic carbocycles. The maximum Gasteiger partial charge on any atom is 0.326 e. The summed E-state index contributed by atoms with van der Waals surface area (Å²) in [6, 6.07) is 20.1. The second-order valence-corrected chi connectivity index (χ2v) is 8.68. The minimum atomic E-state index is -1.01. The van der Waals surface area contributed by atoms with Crippen LogP contribution in [0.15, 0.2) is 66.7 Å². The highest BCUT2D eigenvalue weighted by Crippen LogP contribution is 2.31. The number of anilines is 2. The summed E-state index contributed by atoms with van der Waals surface area (Å²) in [6.45, 7) is 3.84. The van der Waals surface area contributed by atoms with Crippen molar-refractivity contribution >= 4 is 29.3 Å². The summed E-state index contributed by atoms with van der Waals surface area (Å²) in [7, 11) is 0. The van der Waals surface area contributed by atoms with Crippen LogP contribution < -0.4 is 10.6 Å². The first-order valence-electron chi connectivity index (χ1n) is 11.1. The molecule has 0 radical (unpaired) electrons. The van der Waals surface area contributed by atoms with E-state index in [0.29, 0.717) is 22.5 Å². The number of fused-ring (bicyclic) bond motifs is 1. The van der Waals surface area contributed by atoms with E-state index in [1.54, 1.807) is 56.3 Å². The molecule has 1 aliphatic heterocycles. The lowest BCUT2D eigenvalue weighted by Gasteiger charge is -2.27. The maximum atomic E-state index is 12.8. The highest BCUT2D eigenvalue weighted by Gasteiger charge is 2.38. The molecular formula is C27H24N4O4. The van der Waals surface area contributed by atoms with Gasteiger partial charge < -0.3 is 20.6 Å². The summed E-state index contributed by atoms with van der Waals surface area (Å²) in [6.07, 6.45) is 0. The number of benzene rings is 3. The molecule has 0 spiro atoms. The van der Waals surface area contributed by atoms with Gasteiger partial charge in [0.05, 0.1) is 11.6 Å². The molecule has 3 aromatic rings. The van der Waals surface area contributed by atoms with Crippen molar-refractivity contribution in [2.45, 2.75) is 26.4 Å². The van der Waals surface area contributed by atoms with Crippen molar-refractivity contribution in [2.75, 3.05) is 10.6 Å². The van der Waals surface area contributed by atoms with Crippen LogP contribution in [0, 0.1) is 17.2 Å². The van der Waals surface area contributed by atoms with Crippen LogP contribution in [0.5, 0.6) is 0 Å². The monoisotopic (exact) mass is 468 g/mol. The highest BCUT2D eigenvalue weighted by molar-refractivity contribution is 6.01. The normalized spacial score (nSPS) is 13.2. The smallest absolute Gasteiger partial charge is 0.326 e. The Bertz CT molecular complexity index is 1320. The maximum absolute atomic E-state index is 12.8. The number of carboxylic acids is 1. The van der Waals surface area contributed by atoms with Gasteiger partial charge in [0, 0.05) is 23.5 Å². The topological polar surface area (TPSA) is 123 Å². The molecule has 1 heterocycles. The SMILES string of the molecule is CC(C)[C@@H](C(=O)O)N1Cc2cc(-c3ccc(NC(=O)Nc4ccc(C#N)cc4)cc3)ccc2C1=O. The third-order valence-corrected chi connectivity index (χ3v) is 5.91. The first kappa shape index (κ1) is 23.5. The Balaban J connectivity index is 1.44. The van der Waals surface area contributed by atoms with Crippen molar-refractivity contribution in [3.63, 3.8) is 0 Å². The molecule has 1 atom stereocenters. The van der Waals surface area contributed by atoms with Gasteiger partial charge in [-0.15, -0.1) is 0 Å². The van der Waals surface area contributed by atoms with E-state index in [2.05, 4.69) is 10.6 Å². The molecule has 0 saturated carbocycles. The second-order valence-electron chi connectivity index (χ2n) is 8.68. The Kier molecular flexibility index (Phi) is 6.51. The van der Waals surface area contributed by atoms with Gasteiger partial charge >= 0.3 is 12.0 Å². The average molecular weight is 469 g/mol. The van der Waals surface area contributed by atoms with E-state index in [-0.39, 0.29) is 18.4 Å². The number of amides is 3. The molecule has 3 N–H and O–H groups in total. The van der Waals surface area contributed by atoms with E-state index in [1.807, 2.05) is 30.3 Å². The molecule has 4 rings (SSSR count). The van der Waals surface area contributed by atoms with E-state index in [1.165, 1.54) is 4.90 Å². The Hall–Kier alpha value is -4.64. The molecule has 0 fully saturated rings. The van der Waals surface area contributed by atoms with Crippen LogP contribution in [0.4, 0.5) is 16.2 Å². The largest absolute Gasteiger partial charge is 0.480 e. The van der Waals surface area contributed by atoms with E-state index in [0.717, 1.165) is 16.7 Å². The fourth-order valence-corrected chi connectivity index (χ4v) is 4.19. The predicted octanol–water partition coefficient (Wildman–Crippen LogP) is 4.93. The number of nitrogens with one attached hydrogen (secondary N) is 2. The van der Waals surface area contributed by atoms with Gasteiger partial charge in [0.25, 0.3) is 5.91 Å². The predicted molar refractivity (Wildman–Crippen MR) is 132 cm³/mol. The fourth-order valence-electron chi connectivity index (χ4n) is 4.19. The van der Waals surface area contributed by atoms with Gasteiger partial charge in [0.2, 0.25) is 0 Å². The first-order chi connectivity index (χ1) is 16.8. The van der Waals surface area contributed by atoms with Gasteiger partial charge in [-0.05, 0) is 71.1 Å². The molecule has 0 bridgehead atoms. The van der Waals surface area contributed by atoms with Gasteiger partial charge in [-0.3, -0.25) is 4.79 Å². The zero-order valence-electron chi connectivity index (χ0n) is 19.3. The van der Waals surface area contributed by atoms with E-state index < -0.39 is 18.0 Å². The van der Waals surface area contributed by atoms with Crippen LogP contribution in [0.1, 0.15) is 35.3 Å². The Labute approximate surface area is 202 Å². The molecule has 8 nitrogen and oxygen atoms in total. The number of carbonyl (C=O) groups excluding carboxylic acids is 2.